The van der Waals surface area contributed by atoms with Crippen LogP contribution in [-0.2, 0) is 27.4 Å². The summed E-state index contributed by atoms with van der Waals surface area (Å²) in [6.45, 7) is 10.3. The maximum Gasteiger partial charge on any atom is 0.249 e. The van der Waals surface area contributed by atoms with E-state index in [9.17, 15) is 9.59 Å². The first kappa shape index (κ1) is 25.7. The number of carbonyl (C=O) groups excluding carboxylic acids is 2. The summed E-state index contributed by atoms with van der Waals surface area (Å²) in [6.07, 6.45) is 4.75. The fourth-order valence-corrected chi connectivity index (χ4v) is 3.71. The standard InChI is InChI=1S/C26H39N3O3/c1-6-8-15-28(26(31)20-32-5)19-25(30)29(22(4)7-2)18-24-14-11-16-27(24)17-23-13-10-9-12-21(23)3/h9-14,16,22H,6-8,15,17-20H2,1-5H3. The van der Waals surface area contributed by atoms with Crippen molar-refractivity contribution in [2.75, 3.05) is 26.8 Å². The van der Waals surface area contributed by atoms with Crippen molar-refractivity contribution in [1.82, 2.24) is 14.4 Å². The molecule has 0 aliphatic heterocycles. The van der Waals surface area contributed by atoms with Crippen LogP contribution in [0, 0.1) is 6.92 Å². The van der Waals surface area contributed by atoms with Gasteiger partial charge in [-0.1, -0.05) is 44.5 Å². The molecule has 0 spiro atoms. The Morgan fingerprint density at radius 3 is 2.50 bits per heavy atom. The number of carbonyl (C=O) groups is 2. The Labute approximate surface area is 193 Å². The summed E-state index contributed by atoms with van der Waals surface area (Å²) in [5, 5.41) is 0. The van der Waals surface area contributed by atoms with E-state index < -0.39 is 0 Å². The molecule has 176 valence electrons. The molecule has 0 aliphatic rings. The van der Waals surface area contributed by atoms with E-state index in [2.05, 4.69) is 62.7 Å². The predicted octanol–water partition coefficient (Wildman–Crippen LogP) is 4.25. The van der Waals surface area contributed by atoms with E-state index in [0.29, 0.717) is 13.1 Å². The Morgan fingerprint density at radius 2 is 1.84 bits per heavy atom. The minimum Gasteiger partial charge on any atom is -0.375 e. The zero-order chi connectivity index (χ0) is 23.5. The van der Waals surface area contributed by atoms with Gasteiger partial charge in [-0.05, 0) is 49.9 Å². The quantitative estimate of drug-likeness (QED) is 0.467. The molecular formula is C26H39N3O3. The van der Waals surface area contributed by atoms with Gasteiger partial charge >= 0.3 is 0 Å². The third-order valence-electron chi connectivity index (χ3n) is 6.03. The Balaban J connectivity index is 2.18. The zero-order valence-corrected chi connectivity index (χ0v) is 20.3. The number of hydrogen-bond acceptors (Lipinski definition) is 3. The van der Waals surface area contributed by atoms with Crippen LogP contribution in [0.4, 0.5) is 0 Å². The van der Waals surface area contributed by atoms with E-state index in [1.165, 1.54) is 18.2 Å². The summed E-state index contributed by atoms with van der Waals surface area (Å²) in [5.41, 5.74) is 3.61. The number of hydrogen-bond donors (Lipinski definition) is 0. The van der Waals surface area contributed by atoms with E-state index in [4.69, 9.17) is 4.74 Å². The third kappa shape index (κ3) is 7.23. The molecule has 0 bridgehead atoms. The molecule has 1 aromatic heterocycles. The lowest BCUT2D eigenvalue weighted by molar-refractivity contribution is -0.144. The van der Waals surface area contributed by atoms with Crippen LogP contribution >= 0.6 is 0 Å². The van der Waals surface area contributed by atoms with Crippen molar-refractivity contribution in [3.8, 4) is 0 Å². The van der Waals surface area contributed by atoms with Crippen LogP contribution in [0.25, 0.3) is 0 Å². The van der Waals surface area contributed by atoms with Gasteiger partial charge in [-0.2, -0.15) is 0 Å². The minimum absolute atomic E-state index is 0.000394. The molecule has 0 saturated heterocycles. The molecule has 6 heteroatoms. The summed E-state index contributed by atoms with van der Waals surface area (Å²) >= 11 is 0. The number of unbranched alkanes of at least 4 members (excludes halogenated alkanes) is 1. The van der Waals surface area contributed by atoms with Gasteiger partial charge in [0, 0.05) is 38.1 Å². The van der Waals surface area contributed by atoms with Crippen molar-refractivity contribution in [3.63, 3.8) is 0 Å². The SMILES string of the molecule is CCCCN(CC(=O)N(Cc1cccn1Cc1ccccc1C)C(C)CC)C(=O)COC. The van der Waals surface area contributed by atoms with Crippen LogP contribution < -0.4 is 0 Å². The molecule has 1 aromatic carbocycles. The molecule has 32 heavy (non-hydrogen) atoms. The van der Waals surface area contributed by atoms with Crippen LogP contribution in [0.3, 0.4) is 0 Å². The molecule has 2 amide bonds. The summed E-state index contributed by atoms with van der Waals surface area (Å²) in [7, 11) is 1.51. The average Bonchev–Trinajstić information content (AvgIpc) is 3.22. The molecule has 0 fully saturated rings. The third-order valence-corrected chi connectivity index (χ3v) is 6.03. The molecule has 0 radical (unpaired) electrons. The monoisotopic (exact) mass is 441 g/mol. The predicted molar refractivity (Wildman–Crippen MR) is 128 cm³/mol. The molecule has 0 N–H and O–H groups in total. The van der Waals surface area contributed by atoms with Crippen molar-refractivity contribution in [2.24, 2.45) is 0 Å². The number of amides is 2. The Hall–Kier alpha value is -2.60. The highest BCUT2D eigenvalue weighted by molar-refractivity contribution is 5.85. The molecule has 2 aromatic rings. The minimum atomic E-state index is -0.138. The highest BCUT2D eigenvalue weighted by atomic mass is 16.5. The van der Waals surface area contributed by atoms with Gasteiger partial charge in [-0.3, -0.25) is 9.59 Å². The van der Waals surface area contributed by atoms with Crippen molar-refractivity contribution >= 4 is 11.8 Å². The molecule has 1 unspecified atom stereocenters. The lowest BCUT2D eigenvalue weighted by atomic mass is 10.1. The van der Waals surface area contributed by atoms with Gasteiger partial charge in [-0.15, -0.1) is 0 Å². The molecule has 2 rings (SSSR count). The first-order valence-corrected chi connectivity index (χ1v) is 11.7. The maximum absolute atomic E-state index is 13.4. The Kier molecular flexibility index (Phi) is 10.5. The number of aryl methyl sites for hydroxylation is 1. The van der Waals surface area contributed by atoms with Crippen LogP contribution in [0.5, 0.6) is 0 Å². The second kappa shape index (κ2) is 13.1. The summed E-state index contributed by atoms with van der Waals surface area (Å²) in [4.78, 5) is 29.4. The normalized spacial score (nSPS) is 11.9. The Morgan fingerprint density at radius 1 is 1.09 bits per heavy atom. The van der Waals surface area contributed by atoms with Crippen molar-refractivity contribution in [2.45, 2.75) is 66.1 Å². The number of rotatable bonds is 13. The summed E-state index contributed by atoms with van der Waals surface area (Å²) in [6, 6.07) is 12.6. The van der Waals surface area contributed by atoms with Crippen LogP contribution in [0.1, 0.15) is 56.9 Å². The number of methoxy groups -OCH3 is 1. The maximum atomic E-state index is 13.4. The van der Waals surface area contributed by atoms with Gasteiger partial charge in [0.15, 0.2) is 0 Å². The van der Waals surface area contributed by atoms with Crippen molar-refractivity contribution < 1.29 is 14.3 Å². The number of nitrogens with zero attached hydrogens (tertiary/aromatic N) is 3. The molecular weight excluding hydrogens is 402 g/mol. The topological polar surface area (TPSA) is 54.8 Å². The van der Waals surface area contributed by atoms with Gasteiger partial charge in [0.25, 0.3) is 0 Å². The van der Waals surface area contributed by atoms with Crippen molar-refractivity contribution in [3.05, 3.63) is 59.4 Å². The van der Waals surface area contributed by atoms with E-state index >= 15 is 0 Å². The summed E-state index contributed by atoms with van der Waals surface area (Å²) < 4.78 is 7.23. The first-order valence-electron chi connectivity index (χ1n) is 11.7. The van der Waals surface area contributed by atoms with Gasteiger partial charge < -0.3 is 19.1 Å². The number of aromatic nitrogens is 1. The molecule has 1 heterocycles. The highest BCUT2D eigenvalue weighted by Gasteiger charge is 2.24. The van der Waals surface area contributed by atoms with E-state index in [1.807, 2.05) is 17.0 Å². The summed E-state index contributed by atoms with van der Waals surface area (Å²) in [5.74, 6) is -0.162. The molecule has 1 atom stereocenters. The van der Waals surface area contributed by atoms with Crippen molar-refractivity contribution in [1.29, 1.82) is 0 Å². The number of ether oxygens (including phenoxy) is 1. The van der Waals surface area contributed by atoms with Crippen LogP contribution in [0.2, 0.25) is 0 Å². The van der Waals surface area contributed by atoms with E-state index in [-0.39, 0.29) is 31.0 Å². The lowest BCUT2D eigenvalue weighted by Gasteiger charge is -2.32. The van der Waals surface area contributed by atoms with Gasteiger partial charge in [0.05, 0.1) is 13.1 Å². The zero-order valence-electron chi connectivity index (χ0n) is 20.3. The second-order valence-electron chi connectivity index (χ2n) is 8.43. The van der Waals surface area contributed by atoms with Gasteiger partial charge in [-0.25, -0.2) is 0 Å². The number of benzene rings is 1. The van der Waals surface area contributed by atoms with E-state index in [1.54, 1.807) is 4.90 Å². The largest absolute Gasteiger partial charge is 0.375 e. The molecule has 0 saturated carbocycles. The Bertz CT molecular complexity index is 862. The molecule has 0 aliphatic carbocycles. The first-order chi connectivity index (χ1) is 15.4. The fraction of sp³-hybridized carbons (Fsp3) is 0.538. The fourth-order valence-electron chi connectivity index (χ4n) is 3.71. The van der Waals surface area contributed by atoms with Crippen LogP contribution in [-0.4, -0.2) is 59.0 Å². The smallest absolute Gasteiger partial charge is 0.249 e. The second-order valence-corrected chi connectivity index (χ2v) is 8.43. The van der Waals surface area contributed by atoms with Crippen LogP contribution in [0.15, 0.2) is 42.6 Å². The highest BCUT2D eigenvalue weighted by Crippen LogP contribution is 2.16. The lowest BCUT2D eigenvalue weighted by Crippen LogP contribution is -2.47. The van der Waals surface area contributed by atoms with E-state index in [0.717, 1.165) is 31.5 Å². The van der Waals surface area contributed by atoms with Gasteiger partial charge in [0.2, 0.25) is 11.8 Å². The van der Waals surface area contributed by atoms with Gasteiger partial charge in [0.1, 0.15) is 6.61 Å². The average molecular weight is 442 g/mol. The molecule has 6 nitrogen and oxygen atoms in total.